The number of rotatable bonds is 9. The highest BCUT2D eigenvalue weighted by Gasteiger charge is 2.18. The molecule has 1 unspecified atom stereocenters. The molecule has 7 nitrogen and oxygen atoms in total. The zero-order valence-electron chi connectivity index (χ0n) is 18.2. The second kappa shape index (κ2) is 9.56. The van der Waals surface area contributed by atoms with Gasteiger partial charge in [0.2, 0.25) is 0 Å². The zero-order chi connectivity index (χ0) is 23.4. The molecule has 0 spiro atoms. The van der Waals surface area contributed by atoms with Gasteiger partial charge in [0.05, 0.1) is 27.8 Å². The number of nitrogens with zero attached hydrogens (tertiary/aromatic N) is 2. The predicted octanol–water partition coefficient (Wildman–Crippen LogP) is 5.21. The summed E-state index contributed by atoms with van der Waals surface area (Å²) in [6, 6.07) is 15.4. The van der Waals surface area contributed by atoms with Crippen molar-refractivity contribution in [1.29, 1.82) is 0 Å². The molecule has 2 heterocycles. The molecule has 0 aliphatic carbocycles. The fraction of sp³-hybridized carbons (Fsp3) is 0.200. The van der Waals surface area contributed by atoms with E-state index in [9.17, 15) is 13.5 Å². The molecule has 0 fully saturated rings. The summed E-state index contributed by atoms with van der Waals surface area (Å²) in [5.74, 6) is 1.55. The summed E-state index contributed by atoms with van der Waals surface area (Å²) < 4.78 is 30.2. The summed E-state index contributed by atoms with van der Waals surface area (Å²) in [5.41, 5.74) is 2.72. The van der Waals surface area contributed by atoms with Gasteiger partial charge in [0, 0.05) is 17.8 Å². The highest BCUT2D eigenvalue weighted by molar-refractivity contribution is 7.91. The van der Waals surface area contributed by atoms with Crippen LogP contribution in [-0.2, 0) is 9.84 Å². The molecule has 2 aromatic heterocycles. The highest BCUT2D eigenvalue weighted by Crippen LogP contribution is 2.36. The number of pyridine rings is 1. The van der Waals surface area contributed by atoms with Crippen molar-refractivity contribution in [3.63, 3.8) is 0 Å². The van der Waals surface area contributed by atoms with Crippen LogP contribution in [0, 0.1) is 0 Å². The number of aromatic nitrogens is 3. The van der Waals surface area contributed by atoms with Crippen molar-refractivity contribution in [2.24, 2.45) is 0 Å². The molecular formula is C25H25N3O4S. The van der Waals surface area contributed by atoms with E-state index in [1.54, 1.807) is 37.4 Å². The van der Waals surface area contributed by atoms with Crippen molar-refractivity contribution in [3.8, 4) is 23.0 Å². The molecule has 0 aliphatic rings. The van der Waals surface area contributed by atoms with Crippen molar-refractivity contribution in [3.05, 3.63) is 79.0 Å². The maximum atomic E-state index is 12.1. The third-order valence-electron chi connectivity index (χ3n) is 5.31. The molecule has 0 aliphatic heterocycles. The van der Waals surface area contributed by atoms with Gasteiger partial charge < -0.3 is 14.8 Å². The van der Waals surface area contributed by atoms with Crippen LogP contribution in [0.4, 0.5) is 0 Å². The largest absolute Gasteiger partial charge is 0.457 e. The van der Waals surface area contributed by atoms with Gasteiger partial charge in [0.25, 0.3) is 0 Å². The molecule has 33 heavy (non-hydrogen) atoms. The molecule has 2 aromatic carbocycles. The zero-order valence-corrected chi connectivity index (χ0v) is 19.0. The second-order valence-corrected chi connectivity index (χ2v) is 9.84. The molecular weight excluding hydrogens is 438 g/mol. The Labute approximate surface area is 192 Å². The lowest BCUT2D eigenvalue weighted by molar-refractivity contribution is 0.166. The summed E-state index contributed by atoms with van der Waals surface area (Å²) in [5, 5.41) is 10.8. The van der Waals surface area contributed by atoms with Gasteiger partial charge in [0.15, 0.2) is 15.7 Å². The molecule has 2 N–H and O–H groups in total. The minimum atomic E-state index is -3.30. The number of benzene rings is 2. The number of fused-ring (bicyclic) bond motifs is 1. The van der Waals surface area contributed by atoms with E-state index in [1.165, 1.54) is 12.1 Å². The van der Waals surface area contributed by atoms with E-state index in [1.807, 2.05) is 24.3 Å². The number of nitrogens with one attached hydrogen (secondary N) is 1. The molecule has 0 bridgehead atoms. The first-order valence-electron chi connectivity index (χ1n) is 10.7. The van der Waals surface area contributed by atoms with Crippen LogP contribution in [0.1, 0.15) is 31.4 Å². The molecule has 170 valence electrons. The normalized spacial score (nSPS) is 12.5. The standard InChI is InChI=1S/C25H25N3O4S/c1-3-5-9-23(29)19-15-21-22(28-25(27-21)20-8-6-7-14-26-20)16-24(19)32-17-10-12-18(13-11-17)33(30,31)4-2/h3,6-8,10-16,23,29H,1,4-5,9H2,2H3,(H,27,28). The Hall–Kier alpha value is -3.49. The first kappa shape index (κ1) is 22.7. The topological polar surface area (TPSA) is 105 Å². The number of allylic oxidation sites excluding steroid dienone is 1. The number of ether oxygens (including phenoxy) is 1. The van der Waals surface area contributed by atoms with Gasteiger partial charge in [-0.1, -0.05) is 19.1 Å². The van der Waals surface area contributed by atoms with Crippen LogP contribution in [0.3, 0.4) is 0 Å². The monoisotopic (exact) mass is 463 g/mol. The van der Waals surface area contributed by atoms with Gasteiger partial charge in [0.1, 0.15) is 17.2 Å². The van der Waals surface area contributed by atoms with E-state index < -0.39 is 15.9 Å². The van der Waals surface area contributed by atoms with Gasteiger partial charge in [-0.2, -0.15) is 0 Å². The maximum Gasteiger partial charge on any atom is 0.178 e. The smallest absolute Gasteiger partial charge is 0.178 e. The Balaban J connectivity index is 1.73. The van der Waals surface area contributed by atoms with Crippen LogP contribution in [0.25, 0.3) is 22.6 Å². The minimum Gasteiger partial charge on any atom is -0.457 e. The number of imidazole rings is 1. The Morgan fingerprint density at radius 2 is 1.97 bits per heavy atom. The average Bonchev–Trinajstić information content (AvgIpc) is 3.26. The SMILES string of the molecule is C=CCCC(O)c1cc2[nH]c(-c3ccccn3)nc2cc1Oc1ccc(S(=O)(=O)CC)cc1. The number of aliphatic hydroxyl groups is 1. The number of sulfone groups is 1. The van der Waals surface area contributed by atoms with Crippen molar-refractivity contribution < 1.29 is 18.3 Å². The van der Waals surface area contributed by atoms with E-state index in [0.717, 1.165) is 5.52 Å². The summed E-state index contributed by atoms with van der Waals surface area (Å²) in [6.07, 6.45) is 3.81. The molecule has 4 aromatic rings. The Bertz CT molecular complexity index is 1360. The van der Waals surface area contributed by atoms with E-state index in [-0.39, 0.29) is 10.6 Å². The maximum absolute atomic E-state index is 12.1. The quantitative estimate of drug-likeness (QED) is 0.330. The lowest BCUT2D eigenvalue weighted by Crippen LogP contribution is -2.03. The van der Waals surface area contributed by atoms with Crippen molar-refractivity contribution in [1.82, 2.24) is 15.0 Å². The molecule has 0 saturated heterocycles. The van der Waals surface area contributed by atoms with Crippen LogP contribution in [0.2, 0.25) is 0 Å². The van der Waals surface area contributed by atoms with Crippen LogP contribution >= 0.6 is 0 Å². The van der Waals surface area contributed by atoms with Crippen molar-refractivity contribution >= 4 is 20.9 Å². The fourth-order valence-electron chi connectivity index (χ4n) is 3.47. The second-order valence-electron chi connectivity index (χ2n) is 7.57. The molecule has 4 rings (SSSR count). The summed E-state index contributed by atoms with van der Waals surface area (Å²) in [6.45, 7) is 5.33. The third kappa shape index (κ3) is 4.97. The number of hydrogen-bond acceptors (Lipinski definition) is 6. The van der Waals surface area contributed by atoms with Gasteiger partial charge in [-0.3, -0.25) is 4.98 Å². The van der Waals surface area contributed by atoms with Gasteiger partial charge in [-0.05, 0) is 55.3 Å². The molecule has 8 heteroatoms. The Morgan fingerprint density at radius 1 is 1.18 bits per heavy atom. The first-order chi connectivity index (χ1) is 15.9. The average molecular weight is 464 g/mol. The Kier molecular flexibility index (Phi) is 6.57. The molecule has 0 radical (unpaired) electrons. The lowest BCUT2D eigenvalue weighted by atomic mass is 10.0. The van der Waals surface area contributed by atoms with E-state index in [2.05, 4.69) is 21.5 Å². The van der Waals surface area contributed by atoms with Gasteiger partial charge >= 0.3 is 0 Å². The first-order valence-corrected chi connectivity index (χ1v) is 12.3. The van der Waals surface area contributed by atoms with Crippen LogP contribution < -0.4 is 4.74 Å². The van der Waals surface area contributed by atoms with Crippen molar-refractivity contribution in [2.45, 2.75) is 30.8 Å². The third-order valence-corrected chi connectivity index (χ3v) is 7.07. The van der Waals surface area contributed by atoms with Crippen molar-refractivity contribution in [2.75, 3.05) is 5.75 Å². The fourth-order valence-corrected chi connectivity index (χ4v) is 4.35. The summed E-state index contributed by atoms with van der Waals surface area (Å²) >= 11 is 0. The Morgan fingerprint density at radius 3 is 2.64 bits per heavy atom. The minimum absolute atomic E-state index is 0.0290. The summed E-state index contributed by atoms with van der Waals surface area (Å²) in [4.78, 5) is 12.5. The van der Waals surface area contributed by atoms with E-state index in [4.69, 9.17) is 4.74 Å². The number of hydrogen-bond donors (Lipinski definition) is 2. The molecule has 0 amide bonds. The van der Waals surface area contributed by atoms with Gasteiger partial charge in [-0.25, -0.2) is 13.4 Å². The number of aliphatic hydroxyl groups excluding tert-OH is 1. The summed E-state index contributed by atoms with van der Waals surface area (Å²) in [7, 11) is -3.30. The lowest BCUT2D eigenvalue weighted by Gasteiger charge is -2.16. The van der Waals surface area contributed by atoms with Gasteiger partial charge in [-0.15, -0.1) is 6.58 Å². The molecule has 0 saturated carbocycles. The van der Waals surface area contributed by atoms with Crippen LogP contribution in [0.15, 0.2) is 78.3 Å². The predicted molar refractivity (Wildman–Crippen MR) is 128 cm³/mol. The van der Waals surface area contributed by atoms with E-state index in [0.29, 0.717) is 46.9 Å². The van der Waals surface area contributed by atoms with Crippen LogP contribution in [-0.4, -0.2) is 34.2 Å². The molecule has 1 atom stereocenters. The number of H-pyrrole nitrogens is 1. The highest BCUT2D eigenvalue weighted by atomic mass is 32.2. The number of aromatic amines is 1. The van der Waals surface area contributed by atoms with E-state index >= 15 is 0 Å². The van der Waals surface area contributed by atoms with Crippen LogP contribution in [0.5, 0.6) is 11.5 Å².